The molecule has 1 aromatic rings. The SMILES string of the molecule is CCC(C)N(C(=S)Nc1sc2c(c1C(=O)OC)CCC2)C(C)CC. The Bertz CT molecular complexity index is 602. The molecule has 0 amide bonds. The minimum atomic E-state index is -0.265. The third-order valence-corrected chi connectivity index (χ3v) is 6.42. The van der Waals surface area contributed by atoms with Gasteiger partial charge in [0, 0.05) is 17.0 Å². The number of rotatable bonds is 6. The topological polar surface area (TPSA) is 41.6 Å². The Morgan fingerprint density at radius 1 is 1.29 bits per heavy atom. The number of thiophene rings is 1. The molecular weight excluding hydrogens is 340 g/mol. The van der Waals surface area contributed by atoms with Crippen LogP contribution in [0.4, 0.5) is 5.00 Å². The molecule has 0 aromatic carbocycles. The predicted molar refractivity (Wildman–Crippen MR) is 105 cm³/mol. The summed E-state index contributed by atoms with van der Waals surface area (Å²) in [6.45, 7) is 8.72. The van der Waals surface area contributed by atoms with Crippen molar-refractivity contribution in [1.82, 2.24) is 4.90 Å². The van der Waals surface area contributed by atoms with Crippen LogP contribution >= 0.6 is 23.6 Å². The molecular formula is C18H28N2O2S2. The van der Waals surface area contributed by atoms with E-state index in [1.165, 1.54) is 12.0 Å². The summed E-state index contributed by atoms with van der Waals surface area (Å²) in [7, 11) is 1.44. The standard InChI is InChI=1S/C18H28N2O2S2/c1-6-11(3)20(12(4)7-2)18(23)19-16-15(17(21)22-5)13-9-8-10-14(13)24-16/h11-12H,6-10H2,1-5H3,(H,19,23). The Balaban J connectivity index is 2.29. The van der Waals surface area contributed by atoms with Crippen molar-refractivity contribution in [2.75, 3.05) is 12.4 Å². The maximum Gasteiger partial charge on any atom is 0.341 e. The molecule has 1 aliphatic rings. The van der Waals surface area contributed by atoms with Gasteiger partial charge in [0.15, 0.2) is 5.11 Å². The number of anilines is 1. The lowest BCUT2D eigenvalue weighted by Gasteiger charge is -2.36. The van der Waals surface area contributed by atoms with E-state index in [0.29, 0.717) is 22.8 Å². The van der Waals surface area contributed by atoms with Gasteiger partial charge in [-0.05, 0) is 63.7 Å². The third kappa shape index (κ3) is 3.75. The molecule has 1 aromatic heterocycles. The molecule has 0 saturated heterocycles. The highest BCUT2D eigenvalue weighted by molar-refractivity contribution is 7.80. The molecule has 0 spiro atoms. The van der Waals surface area contributed by atoms with Crippen molar-refractivity contribution in [3.63, 3.8) is 0 Å². The summed E-state index contributed by atoms with van der Waals surface area (Å²) in [4.78, 5) is 15.8. The second-order valence-corrected chi connectivity index (χ2v) is 7.90. The van der Waals surface area contributed by atoms with Gasteiger partial charge in [0.05, 0.1) is 12.7 Å². The number of carbonyl (C=O) groups excluding carboxylic acids is 1. The molecule has 0 saturated carbocycles. The average molecular weight is 369 g/mol. The molecule has 134 valence electrons. The summed E-state index contributed by atoms with van der Waals surface area (Å²) in [5.74, 6) is -0.265. The number of hydrogen-bond acceptors (Lipinski definition) is 4. The highest BCUT2D eigenvalue weighted by Gasteiger charge is 2.29. The first-order valence-electron chi connectivity index (χ1n) is 8.76. The lowest BCUT2D eigenvalue weighted by molar-refractivity contribution is 0.0601. The summed E-state index contributed by atoms with van der Waals surface area (Å²) < 4.78 is 5.01. The first kappa shape index (κ1) is 19.2. The van der Waals surface area contributed by atoms with Crippen molar-refractivity contribution in [2.45, 2.75) is 71.9 Å². The Labute approximate surface area is 154 Å². The molecule has 4 nitrogen and oxygen atoms in total. The van der Waals surface area contributed by atoms with Crippen molar-refractivity contribution in [3.8, 4) is 0 Å². The van der Waals surface area contributed by atoms with Crippen LogP contribution < -0.4 is 5.32 Å². The van der Waals surface area contributed by atoms with E-state index in [1.54, 1.807) is 11.3 Å². The normalized spacial score (nSPS) is 15.5. The van der Waals surface area contributed by atoms with Crippen molar-refractivity contribution in [2.24, 2.45) is 0 Å². The van der Waals surface area contributed by atoms with E-state index in [9.17, 15) is 4.79 Å². The van der Waals surface area contributed by atoms with Gasteiger partial charge in [0.25, 0.3) is 0 Å². The molecule has 6 heteroatoms. The molecule has 2 atom stereocenters. The van der Waals surface area contributed by atoms with Gasteiger partial charge in [-0.1, -0.05) is 13.8 Å². The van der Waals surface area contributed by atoms with Crippen molar-refractivity contribution in [3.05, 3.63) is 16.0 Å². The second kappa shape index (κ2) is 8.30. The van der Waals surface area contributed by atoms with Crippen LogP contribution in [0.15, 0.2) is 0 Å². The van der Waals surface area contributed by atoms with Crippen molar-refractivity contribution >= 4 is 39.6 Å². The van der Waals surface area contributed by atoms with Crippen LogP contribution in [0, 0.1) is 0 Å². The van der Waals surface area contributed by atoms with Gasteiger partial charge in [-0.15, -0.1) is 11.3 Å². The fourth-order valence-corrected chi connectivity index (χ4v) is 5.00. The molecule has 1 heterocycles. The van der Waals surface area contributed by atoms with Gasteiger partial charge in [-0.2, -0.15) is 0 Å². The third-order valence-electron chi connectivity index (χ3n) is 4.90. The van der Waals surface area contributed by atoms with Crippen LogP contribution in [0.25, 0.3) is 0 Å². The Hall–Kier alpha value is -1.14. The number of methoxy groups -OCH3 is 1. The number of carbonyl (C=O) groups is 1. The lowest BCUT2D eigenvalue weighted by atomic mass is 10.1. The summed E-state index contributed by atoms with van der Waals surface area (Å²) in [5.41, 5.74) is 1.83. The summed E-state index contributed by atoms with van der Waals surface area (Å²) in [6, 6.07) is 0.710. The van der Waals surface area contributed by atoms with Crippen LogP contribution in [0.2, 0.25) is 0 Å². The average Bonchev–Trinajstić information content (AvgIpc) is 3.14. The van der Waals surface area contributed by atoms with E-state index < -0.39 is 0 Å². The van der Waals surface area contributed by atoms with E-state index in [2.05, 4.69) is 37.9 Å². The summed E-state index contributed by atoms with van der Waals surface area (Å²) in [5, 5.41) is 4.90. The smallest absolute Gasteiger partial charge is 0.341 e. The van der Waals surface area contributed by atoms with Crippen molar-refractivity contribution in [1.29, 1.82) is 0 Å². The fraction of sp³-hybridized carbons (Fsp3) is 0.667. The van der Waals surface area contributed by atoms with Gasteiger partial charge >= 0.3 is 5.97 Å². The minimum Gasteiger partial charge on any atom is -0.465 e. The molecule has 1 N–H and O–H groups in total. The van der Waals surface area contributed by atoms with E-state index in [-0.39, 0.29) is 5.97 Å². The highest BCUT2D eigenvalue weighted by atomic mass is 32.1. The van der Waals surface area contributed by atoms with E-state index in [1.807, 2.05) is 0 Å². The largest absolute Gasteiger partial charge is 0.465 e. The summed E-state index contributed by atoms with van der Waals surface area (Å²) in [6.07, 6.45) is 5.15. The number of fused-ring (bicyclic) bond motifs is 1. The first-order chi connectivity index (χ1) is 11.4. The first-order valence-corrected chi connectivity index (χ1v) is 9.99. The van der Waals surface area contributed by atoms with Gasteiger partial charge in [-0.3, -0.25) is 0 Å². The fourth-order valence-electron chi connectivity index (χ4n) is 3.20. The maximum atomic E-state index is 12.3. The van der Waals surface area contributed by atoms with Gasteiger partial charge in [-0.25, -0.2) is 4.79 Å². The number of nitrogens with zero attached hydrogens (tertiary/aromatic N) is 1. The summed E-state index contributed by atoms with van der Waals surface area (Å²) >= 11 is 7.35. The monoisotopic (exact) mass is 368 g/mol. The second-order valence-electron chi connectivity index (χ2n) is 6.41. The van der Waals surface area contributed by atoms with Crippen LogP contribution in [0.5, 0.6) is 0 Å². The predicted octanol–water partition coefficient (Wildman–Crippen LogP) is 4.62. The molecule has 0 radical (unpaired) electrons. The lowest BCUT2D eigenvalue weighted by Crippen LogP contribution is -2.46. The number of ether oxygens (including phenoxy) is 1. The molecule has 2 unspecified atom stereocenters. The number of thiocarbonyl (C=S) groups is 1. The number of nitrogens with one attached hydrogen (secondary N) is 1. The van der Waals surface area contributed by atoms with E-state index >= 15 is 0 Å². The van der Waals surface area contributed by atoms with Crippen LogP contribution in [-0.2, 0) is 17.6 Å². The Morgan fingerprint density at radius 3 is 2.46 bits per heavy atom. The van der Waals surface area contributed by atoms with Crippen LogP contribution in [0.3, 0.4) is 0 Å². The molecule has 24 heavy (non-hydrogen) atoms. The number of aryl methyl sites for hydroxylation is 1. The number of esters is 1. The zero-order chi connectivity index (χ0) is 17.9. The molecule has 2 rings (SSSR count). The minimum absolute atomic E-state index is 0.265. The van der Waals surface area contributed by atoms with Crippen molar-refractivity contribution < 1.29 is 9.53 Å². The Morgan fingerprint density at radius 2 is 1.92 bits per heavy atom. The van der Waals surface area contributed by atoms with Gasteiger partial charge < -0.3 is 15.0 Å². The van der Waals surface area contributed by atoms with E-state index in [4.69, 9.17) is 17.0 Å². The maximum absolute atomic E-state index is 12.3. The zero-order valence-corrected chi connectivity index (χ0v) is 16.9. The number of hydrogen-bond donors (Lipinski definition) is 1. The Kier molecular flexibility index (Phi) is 6.63. The molecule has 0 aliphatic heterocycles. The quantitative estimate of drug-likeness (QED) is 0.586. The molecule has 0 bridgehead atoms. The zero-order valence-electron chi connectivity index (χ0n) is 15.3. The molecule has 1 aliphatic carbocycles. The van der Waals surface area contributed by atoms with Gasteiger partial charge in [0.1, 0.15) is 5.00 Å². The van der Waals surface area contributed by atoms with Gasteiger partial charge in [0.2, 0.25) is 0 Å². The van der Waals surface area contributed by atoms with E-state index in [0.717, 1.165) is 42.7 Å². The molecule has 0 fully saturated rings. The highest BCUT2D eigenvalue weighted by Crippen LogP contribution is 2.39. The van der Waals surface area contributed by atoms with Crippen LogP contribution in [-0.4, -0.2) is 35.2 Å². The van der Waals surface area contributed by atoms with Crippen LogP contribution in [0.1, 0.15) is 67.8 Å².